The molecule has 0 aliphatic carbocycles. The standard InChI is InChI=1S/C26H33N3O3.2ClH.H2O/c1-30-24-11-5-4-10-22(24)29-17-15-27(16-18-29)12-8-9-21-19-25(31-2)26(32-3)20-23(21)28-13-6-7-14-28;;;/h4-7,10-11,13-14,19-20H,8-9,12,15-18H2,1-3H3;2*1H;1H2. The van der Waals surface area contributed by atoms with Gasteiger partial charge in [-0.3, -0.25) is 4.90 Å². The van der Waals surface area contributed by atoms with Crippen LogP contribution < -0.4 is 19.1 Å². The first-order valence-corrected chi connectivity index (χ1v) is 11.2. The zero-order valence-corrected chi connectivity index (χ0v) is 22.2. The van der Waals surface area contributed by atoms with Gasteiger partial charge < -0.3 is 29.2 Å². The number of aryl methyl sites for hydroxylation is 1. The number of benzene rings is 2. The minimum absolute atomic E-state index is 0. The van der Waals surface area contributed by atoms with Crippen molar-refractivity contribution in [1.82, 2.24) is 9.47 Å². The smallest absolute Gasteiger partial charge is 0.162 e. The second-order valence-electron chi connectivity index (χ2n) is 8.03. The number of piperazine rings is 1. The highest BCUT2D eigenvalue weighted by Crippen LogP contribution is 2.33. The summed E-state index contributed by atoms with van der Waals surface area (Å²) in [5.41, 5.74) is 3.61. The summed E-state index contributed by atoms with van der Waals surface area (Å²) in [6, 6.07) is 16.6. The summed E-state index contributed by atoms with van der Waals surface area (Å²) in [5, 5.41) is 0. The number of nitrogens with zero attached hydrogens (tertiary/aromatic N) is 3. The lowest BCUT2D eigenvalue weighted by Gasteiger charge is -2.36. The van der Waals surface area contributed by atoms with E-state index in [9.17, 15) is 0 Å². The Hall–Kier alpha value is -2.58. The maximum Gasteiger partial charge on any atom is 0.162 e. The first-order valence-electron chi connectivity index (χ1n) is 11.2. The number of aromatic nitrogens is 1. The molecule has 1 aromatic heterocycles. The molecule has 0 bridgehead atoms. The van der Waals surface area contributed by atoms with Gasteiger partial charge in [-0.15, -0.1) is 24.8 Å². The number of ether oxygens (including phenoxy) is 3. The van der Waals surface area contributed by atoms with E-state index in [4.69, 9.17) is 14.2 Å². The minimum Gasteiger partial charge on any atom is -0.495 e. The molecule has 0 atom stereocenters. The molecule has 9 heteroatoms. The number of halogens is 2. The molecule has 1 saturated heterocycles. The molecule has 0 unspecified atom stereocenters. The van der Waals surface area contributed by atoms with E-state index in [-0.39, 0.29) is 30.3 Å². The Labute approximate surface area is 220 Å². The highest BCUT2D eigenvalue weighted by atomic mass is 35.5. The van der Waals surface area contributed by atoms with E-state index < -0.39 is 0 Å². The zero-order chi connectivity index (χ0) is 22.3. The Bertz CT molecular complexity index is 1010. The highest BCUT2D eigenvalue weighted by Gasteiger charge is 2.19. The Kier molecular flexibility index (Phi) is 12.8. The van der Waals surface area contributed by atoms with Gasteiger partial charge in [-0.2, -0.15) is 0 Å². The summed E-state index contributed by atoms with van der Waals surface area (Å²) in [5.74, 6) is 2.49. The number of anilines is 1. The molecule has 0 amide bonds. The van der Waals surface area contributed by atoms with E-state index in [0.717, 1.165) is 68.5 Å². The molecule has 3 aromatic rings. The van der Waals surface area contributed by atoms with Crippen LogP contribution in [0.1, 0.15) is 12.0 Å². The average Bonchev–Trinajstić information content (AvgIpc) is 3.39. The third-order valence-corrected chi connectivity index (χ3v) is 6.19. The van der Waals surface area contributed by atoms with Crippen molar-refractivity contribution in [3.05, 3.63) is 66.5 Å². The molecule has 7 nitrogen and oxygen atoms in total. The normalized spacial score (nSPS) is 13.2. The van der Waals surface area contributed by atoms with Gasteiger partial charge in [0, 0.05) is 44.6 Å². The van der Waals surface area contributed by atoms with Crippen LogP contribution in [0.15, 0.2) is 60.9 Å². The molecule has 2 heterocycles. The van der Waals surface area contributed by atoms with Crippen molar-refractivity contribution in [1.29, 1.82) is 0 Å². The van der Waals surface area contributed by atoms with Gasteiger partial charge in [-0.25, -0.2) is 0 Å². The van der Waals surface area contributed by atoms with Crippen LogP contribution in [0.5, 0.6) is 17.2 Å². The maximum atomic E-state index is 5.56. The fourth-order valence-electron chi connectivity index (χ4n) is 4.44. The van der Waals surface area contributed by atoms with Crippen molar-refractivity contribution < 1.29 is 19.7 Å². The molecule has 2 aromatic carbocycles. The molecule has 194 valence electrons. The van der Waals surface area contributed by atoms with Crippen molar-refractivity contribution in [3.8, 4) is 22.9 Å². The van der Waals surface area contributed by atoms with Crippen molar-refractivity contribution in [2.75, 3.05) is 59.0 Å². The van der Waals surface area contributed by atoms with Gasteiger partial charge in [-0.1, -0.05) is 12.1 Å². The molecular weight excluding hydrogens is 489 g/mol. The van der Waals surface area contributed by atoms with E-state index in [1.807, 2.05) is 24.3 Å². The number of para-hydroxylation sites is 2. The SMILES string of the molecule is COc1cc(CCCN2CCN(c3ccccc3OC)CC2)c(-n2cccc2)cc1OC.Cl.Cl.O. The third kappa shape index (κ3) is 7.21. The molecule has 4 rings (SSSR count). The van der Waals surface area contributed by atoms with Crippen LogP contribution in [0.3, 0.4) is 0 Å². The summed E-state index contributed by atoms with van der Waals surface area (Å²) in [6.45, 7) is 5.25. The lowest BCUT2D eigenvalue weighted by Crippen LogP contribution is -2.46. The van der Waals surface area contributed by atoms with Crippen LogP contribution >= 0.6 is 24.8 Å². The van der Waals surface area contributed by atoms with E-state index in [2.05, 4.69) is 51.0 Å². The summed E-state index contributed by atoms with van der Waals surface area (Å²) < 4.78 is 18.8. The molecule has 35 heavy (non-hydrogen) atoms. The summed E-state index contributed by atoms with van der Waals surface area (Å²) >= 11 is 0. The Morgan fingerprint density at radius 1 is 0.714 bits per heavy atom. The number of rotatable bonds is 9. The molecule has 0 spiro atoms. The lowest BCUT2D eigenvalue weighted by molar-refractivity contribution is 0.254. The third-order valence-electron chi connectivity index (χ3n) is 6.19. The van der Waals surface area contributed by atoms with Crippen LogP contribution in [0.25, 0.3) is 5.69 Å². The monoisotopic (exact) mass is 525 g/mol. The maximum absolute atomic E-state index is 5.56. The van der Waals surface area contributed by atoms with Crippen molar-refractivity contribution in [2.24, 2.45) is 0 Å². The van der Waals surface area contributed by atoms with Crippen molar-refractivity contribution in [3.63, 3.8) is 0 Å². The predicted molar refractivity (Wildman–Crippen MR) is 147 cm³/mol. The molecular formula is C26H37Cl2N3O4. The molecule has 1 fully saturated rings. The summed E-state index contributed by atoms with van der Waals surface area (Å²) in [7, 11) is 5.12. The van der Waals surface area contributed by atoms with Crippen LogP contribution in [0, 0.1) is 0 Å². The predicted octanol–water partition coefficient (Wildman–Crippen LogP) is 4.28. The second kappa shape index (κ2) is 14.7. The zero-order valence-electron chi connectivity index (χ0n) is 20.6. The quantitative estimate of drug-likeness (QED) is 0.417. The number of methoxy groups -OCH3 is 3. The van der Waals surface area contributed by atoms with Crippen LogP contribution in [-0.2, 0) is 6.42 Å². The van der Waals surface area contributed by atoms with Crippen LogP contribution in [0.2, 0.25) is 0 Å². The Morgan fingerprint density at radius 3 is 1.94 bits per heavy atom. The van der Waals surface area contributed by atoms with Gasteiger partial charge in [0.05, 0.1) is 32.7 Å². The molecule has 1 aliphatic rings. The average molecular weight is 527 g/mol. The van der Waals surface area contributed by atoms with Crippen LogP contribution in [0.4, 0.5) is 5.69 Å². The fraction of sp³-hybridized carbons (Fsp3) is 0.385. The fourth-order valence-corrected chi connectivity index (χ4v) is 4.44. The Balaban J connectivity index is 0.00000204. The second-order valence-corrected chi connectivity index (χ2v) is 8.03. The molecule has 2 N–H and O–H groups in total. The van der Waals surface area contributed by atoms with Gasteiger partial charge in [-0.05, 0) is 55.3 Å². The first kappa shape index (κ1) is 30.5. The van der Waals surface area contributed by atoms with Crippen molar-refractivity contribution in [2.45, 2.75) is 12.8 Å². The minimum atomic E-state index is 0. The summed E-state index contributed by atoms with van der Waals surface area (Å²) in [4.78, 5) is 4.98. The van der Waals surface area contributed by atoms with Crippen LogP contribution in [-0.4, -0.2) is 69.0 Å². The highest BCUT2D eigenvalue weighted by molar-refractivity contribution is 5.85. The lowest BCUT2D eigenvalue weighted by atomic mass is 10.1. The van der Waals surface area contributed by atoms with E-state index in [1.54, 1.807) is 21.3 Å². The van der Waals surface area contributed by atoms with Crippen molar-refractivity contribution >= 4 is 30.5 Å². The molecule has 0 radical (unpaired) electrons. The van der Waals surface area contributed by atoms with Gasteiger partial charge >= 0.3 is 0 Å². The van der Waals surface area contributed by atoms with Gasteiger partial charge in [0.25, 0.3) is 0 Å². The van der Waals surface area contributed by atoms with Gasteiger partial charge in [0.15, 0.2) is 11.5 Å². The Morgan fingerprint density at radius 2 is 1.31 bits per heavy atom. The van der Waals surface area contributed by atoms with E-state index in [1.165, 1.54) is 11.3 Å². The van der Waals surface area contributed by atoms with E-state index in [0.29, 0.717) is 0 Å². The van der Waals surface area contributed by atoms with E-state index >= 15 is 0 Å². The first-order chi connectivity index (χ1) is 15.7. The van der Waals surface area contributed by atoms with Gasteiger partial charge in [0.1, 0.15) is 5.75 Å². The largest absolute Gasteiger partial charge is 0.495 e. The topological polar surface area (TPSA) is 70.6 Å². The molecule has 0 saturated carbocycles. The molecule has 1 aliphatic heterocycles. The summed E-state index contributed by atoms with van der Waals surface area (Å²) in [6.07, 6.45) is 6.22. The number of hydrogen-bond donors (Lipinski definition) is 0. The number of hydrogen-bond acceptors (Lipinski definition) is 5. The van der Waals surface area contributed by atoms with Gasteiger partial charge in [0.2, 0.25) is 0 Å².